The minimum atomic E-state index is -0.501. The van der Waals surface area contributed by atoms with E-state index in [1.54, 1.807) is 24.3 Å². The first-order valence-electron chi connectivity index (χ1n) is 8.99. The predicted molar refractivity (Wildman–Crippen MR) is 98.1 cm³/mol. The molecule has 2 aliphatic rings. The second-order valence-electron chi connectivity index (χ2n) is 6.49. The summed E-state index contributed by atoms with van der Waals surface area (Å²) in [5, 5.41) is 3.10. The molecule has 1 aromatic carbocycles. The molecule has 1 amide bonds. The topological polar surface area (TPSA) is 85.8 Å². The molecule has 0 bridgehead atoms. The lowest BCUT2D eigenvalue weighted by Gasteiger charge is -2.37. The molecule has 2 aromatic rings. The van der Waals surface area contributed by atoms with Crippen LogP contribution in [0.25, 0.3) is 0 Å². The molecule has 0 atom stereocenters. The van der Waals surface area contributed by atoms with Crippen LogP contribution in [0.3, 0.4) is 0 Å². The van der Waals surface area contributed by atoms with Gasteiger partial charge in [-0.15, -0.1) is 0 Å². The van der Waals surface area contributed by atoms with Gasteiger partial charge in [-0.1, -0.05) is 12.1 Å². The largest absolute Gasteiger partial charge is 0.495 e. The fourth-order valence-electron chi connectivity index (χ4n) is 3.40. The van der Waals surface area contributed by atoms with Crippen molar-refractivity contribution in [1.29, 1.82) is 0 Å². The first-order valence-corrected chi connectivity index (χ1v) is 8.99. The summed E-state index contributed by atoms with van der Waals surface area (Å²) < 4.78 is 16.7. The van der Waals surface area contributed by atoms with E-state index in [1.807, 2.05) is 24.3 Å². The van der Waals surface area contributed by atoms with Crippen molar-refractivity contribution in [3.8, 4) is 5.75 Å². The first-order chi connectivity index (χ1) is 13.2. The van der Waals surface area contributed by atoms with Crippen molar-refractivity contribution in [2.75, 3.05) is 38.7 Å². The summed E-state index contributed by atoms with van der Waals surface area (Å²) in [6, 6.07) is 9.10. The van der Waals surface area contributed by atoms with E-state index in [0.29, 0.717) is 56.5 Å². The molecule has 0 radical (unpaired) electrons. The number of methoxy groups -OCH3 is 1. The maximum atomic E-state index is 12.8. The summed E-state index contributed by atoms with van der Waals surface area (Å²) in [5.41, 5.74) is 1.09. The minimum Gasteiger partial charge on any atom is -0.495 e. The molecule has 1 aromatic heterocycles. The van der Waals surface area contributed by atoms with E-state index >= 15 is 0 Å². The van der Waals surface area contributed by atoms with E-state index < -0.39 is 5.79 Å². The standard InChI is InChI=1S/C19H22N4O4/c1-25-16-5-3-2-4-14(16)21-18-20-9-6-15(22-18)17(24)23-10-7-19(8-11-23)26-12-13-27-19/h2-6,9H,7-8,10-13H2,1H3,(H,20,21,22). The van der Waals surface area contributed by atoms with Gasteiger partial charge in [-0.05, 0) is 18.2 Å². The number of para-hydroxylation sites is 2. The highest BCUT2D eigenvalue weighted by molar-refractivity contribution is 5.92. The number of piperidine rings is 1. The molecule has 0 unspecified atom stereocenters. The van der Waals surface area contributed by atoms with E-state index in [9.17, 15) is 4.79 Å². The summed E-state index contributed by atoms with van der Waals surface area (Å²) in [6.45, 7) is 2.41. The molecule has 0 aliphatic carbocycles. The van der Waals surface area contributed by atoms with Crippen molar-refractivity contribution in [3.05, 3.63) is 42.2 Å². The molecule has 142 valence electrons. The molecule has 3 heterocycles. The summed E-state index contributed by atoms with van der Waals surface area (Å²) in [4.78, 5) is 23.2. The number of ether oxygens (including phenoxy) is 3. The van der Waals surface area contributed by atoms with Gasteiger partial charge in [0.05, 0.1) is 26.0 Å². The van der Waals surface area contributed by atoms with Gasteiger partial charge in [0.15, 0.2) is 5.79 Å². The van der Waals surface area contributed by atoms with Crippen LogP contribution in [0.5, 0.6) is 5.75 Å². The van der Waals surface area contributed by atoms with Crippen LogP contribution in [0.2, 0.25) is 0 Å². The molecular weight excluding hydrogens is 348 g/mol. The smallest absolute Gasteiger partial charge is 0.272 e. The number of hydrogen-bond donors (Lipinski definition) is 1. The fraction of sp³-hybridized carbons (Fsp3) is 0.421. The van der Waals surface area contributed by atoms with Crippen LogP contribution in [0.1, 0.15) is 23.3 Å². The van der Waals surface area contributed by atoms with Gasteiger partial charge in [-0.25, -0.2) is 9.97 Å². The highest BCUT2D eigenvalue weighted by atomic mass is 16.7. The van der Waals surface area contributed by atoms with Crippen LogP contribution in [-0.4, -0.2) is 60.0 Å². The van der Waals surface area contributed by atoms with Crippen LogP contribution >= 0.6 is 0 Å². The van der Waals surface area contributed by atoms with Gasteiger partial charge >= 0.3 is 0 Å². The third kappa shape index (κ3) is 3.72. The molecule has 4 rings (SSSR count). The Labute approximate surface area is 157 Å². The van der Waals surface area contributed by atoms with E-state index in [0.717, 1.165) is 5.69 Å². The van der Waals surface area contributed by atoms with E-state index in [2.05, 4.69) is 15.3 Å². The summed E-state index contributed by atoms with van der Waals surface area (Å²) in [7, 11) is 1.60. The van der Waals surface area contributed by atoms with Gasteiger partial charge in [0.2, 0.25) is 5.95 Å². The second kappa shape index (κ2) is 7.50. The Balaban J connectivity index is 1.45. The van der Waals surface area contributed by atoms with Gasteiger partial charge < -0.3 is 24.4 Å². The number of aromatic nitrogens is 2. The number of benzene rings is 1. The van der Waals surface area contributed by atoms with Crippen LogP contribution in [0.15, 0.2) is 36.5 Å². The Morgan fingerprint density at radius 3 is 2.67 bits per heavy atom. The third-order valence-electron chi connectivity index (χ3n) is 4.85. The van der Waals surface area contributed by atoms with Crippen molar-refractivity contribution >= 4 is 17.5 Å². The average Bonchev–Trinajstić information content (AvgIpc) is 3.17. The van der Waals surface area contributed by atoms with Crippen molar-refractivity contribution < 1.29 is 19.0 Å². The Morgan fingerprint density at radius 2 is 1.93 bits per heavy atom. The fourth-order valence-corrected chi connectivity index (χ4v) is 3.40. The van der Waals surface area contributed by atoms with Crippen LogP contribution in [0.4, 0.5) is 11.6 Å². The van der Waals surface area contributed by atoms with E-state index in [-0.39, 0.29) is 5.91 Å². The molecule has 2 aliphatic heterocycles. The summed E-state index contributed by atoms with van der Waals surface area (Å²) in [5.74, 6) is 0.407. The van der Waals surface area contributed by atoms with Gasteiger partial charge in [0.25, 0.3) is 5.91 Å². The number of amides is 1. The number of anilines is 2. The molecule has 1 N–H and O–H groups in total. The predicted octanol–water partition coefficient (Wildman–Crippen LogP) is 2.21. The zero-order chi connectivity index (χ0) is 18.7. The lowest BCUT2D eigenvalue weighted by Crippen LogP contribution is -2.47. The zero-order valence-corrected chi connectivity index (χ0v) is 15.2. The van der Waals surface area contributed by atoms with Gasteiger partial charge in [0, 0.05) is 32.1 Å². The van der Waals surface area contributed by atoms with Crippen molar-refractivity contribution in [3.63, 3.8) is 0 Å². The summed E-state index contributed by atoms with van der Waals surface area (Å²) in [6.07, 6.45) is 2.93. The highest BCUT2D eigenvalue weighted by Gasteiger charge is 2.41. The summed E-state index contributed by atoms with van der Waals surface area (Å²) >= 11 is 0. The quantitative estimate of drug-likeness (QED) is 0.883. The molecule has 8 nitrogen and oxygen atoms in total. The van der Waals surface area contributed by atoms with Crippen LogP contribution < -0.4 is 10.1 Å². The van der Waals surface area contributed by atoms with Crippen LogP contribution in [0, 0.1) is 0 Å². The second-order valence-corrected chi connectivity index (χ2v) is 6.49. The monoisotopic (exact) mass is 370 g/mol. The molecular formula is C19H22N4O4. The lowest BCUT2D eigenvalue weighted by molar-refractivity contribution is -0.181. The van der Waals surface area contributed by atoms with Gasteiger partial charge in [-0.3, -0.25) is 4.79 Å². The van der Waals surface area contributed by atoms with Gasteiger partial charge in [-0.2, -0.15) is 0 Å². The van der Waals surface area contributed by atoms with Crippen LogP contribution in [-0.2, 0) is 9.47 Å². The zero-order valence-electron chi connectivity index (χ0n) is 15.2. The van der Waals surface area contributed by atoms with Gasteiger partial charge in [0.1, 0.15) is 11.4 Å². The maximum Gasteiger partial charge on any atom is 0.272 e. The molecule has 8 heteroatoms. The van der Waals surface area contributed by atoms with Crippen molar-refractivity contribution in [2.24, 2.45) is 0 Å². The minimum absolute atomic E-state index is 0.117. The molecule has 2 fully saturated rings. The van der Waals surface area contributed by atoms with E-state index in [1.165, 1.54) is 0 Å². The normalized spacial score (nSPS) is 18.5. The molecule has 27 heavy (non-hydrogen) atoms. The number of carbonyl (C=O) groups is 1. The number of likely N-dealkylation sites (tertiary alicyclic amines) is 1. The SMILES string of the molecule is COc1ccccc1Nc1nccc(C(=O)N2CCC3(CC2)OCCO3)n1. The number of hydrogen-bond acceptors (Lipinski definition) is 7. The molecule has 0 saturated carbocycles. The highest BCUT2D eigenvalue weighted by Crippen LogP contribution is 2.31. The Bertz CT molecular complexity index is 813. The number of carbonyl (C=O) groups excluding carboxylic acids is 1. The first kappa shape index (κ1) is 17.7. The maximum absolute atomic E-state index is 12.8. The molecule has 1 spiro atoms. The number of nitrogens with zero attached hydrogens (tertiary/aromatic N) is 3. The Hall–Kier alpha value is -2.71. The van der Waals surface area contributed by atoms with E-state index in [4.69, 9.17) is 14.2 Å². The Morgan fingerprint density at radius 1 is 1.19 bits per heavy atom. The Kier molecular flexibility index (Phi) is 4.91. The number of nitrogens with one attached hydrogen (secondary N) is 1. The average molecular weight is 370 g/mol. The lowest BCUT2D eigenvalue weighted by atomic mass is 10.0. The number of rotatable bonds is 4. The van der Waals surface area contributed by atoms with Crippen molar-refractivity contribution in [1.82, 2.24) is 14.9 Å². The van der Waals surface area contributed by atoms with Crippen molar-refractivity contribution in [2.45, 2.75) is 18.6 Å². The third-order valence-corrected chi connectivity index (χ3v) is 4.85. The molecule has 2 saturated heterocycles.